The van der Waals surface area contributed by atoms with E-state index < -0.39 is 0 Å². The molecule has 1 aliphatic heterocycles. The predicted octanol–water partition coefficient (Wildman–Crippen LogP) is 2.27. The second kappa shape index (κ2) is 4.06. The van der Waals surface area contributed by atoms with Gasteiger partial charge < -0.3 is 5.11 Å². The maximum atomic E-state index is 9.76. The van der Waals surface area contributed by atoms with Crippen molar-refractivity contribution in [3.63, 3.8) is 0 Å². The molecule has 2 heteroatoms. The zero-order valence-corrected chi connectivity index (χ0v) is 10.4. The monoisotopic (exact) mass is 211 g/mol. The predicted molar refractivity (Wildman–Crippen MR) is 62.8 cm³/mol. The highest BCUT2D eigenvalue weighted by Crippen LogP contribution is 2.36. The lowest BCUT2D eigenvalue weighted by Crippen LogP contribution is -2.44. The molecule has 2 nitrogen and oxygen atoms in total. The van der Waals surface area contributed by atoms with Crippen molar-refractivity contribution in [1.29, 1.82) is 0 Å². The van der Waals surface area contributed by atoms with Gasteiger partial charge >= 0.3 is 0 Å². The second-order valence-corrected chi connectivity index (χ2v) is 6.40. The van der Waals surface area contributed by atoms with Crippen molar-refractivity contribution in [2.24, 2.45) is 11.3 Å². The first-order valence-electron chi connectivity index (χ1n) is 6.40. The Balaban J connectivity index is 1.97. The molecule has 2 aliphatic rings. The van der Waals surface area contributed by atoms with Gasteiger partial charge in [0.15, 0.2) is 0 Å². The summed E-state index contributed by atoms with van der Waals surface area (Å²) in [5.41, 5.74) is 0.488. The first-order valence-corrected chi connectivity index (χ1v) is 6.40. The van der Waals surface area contributed by atoms with Gasteiger partial charge in [-0.05, 0) is 43.6 Å². The molecule has 3 unspecified atom stereocenters. The van der Waals surface area contributed by atoms with Gasteiger partial charge in [0, 0.05) is 12.6 Å². The summed E-state index contributed by atoms with van der Waals surface area (Å²) in [5, 5.41) is 9.76. The molecule has 0 amide bonds. The Bertz CT molecular complexity index is 227. The molecule has 0 aromatic heterocycles. The van der Waals surface area contributed by atoms with Gasteiger partial charge in [0.1, 0.15) is 0 Å². The van der Waals surface area contributed by atoms with Crippen LogP contribution in [0.2, 0.25) is 0 Å². The quantitative estimate of drug-likeness (QED) is 0.719. The van der Waals surface area contributed by atoms with Crippen molar-refractivity contribution >= 4 is 0 Å². The van der Waals surface area contributed by atoms with E-state index in [1.165, 1.54) is 25.9 Å². The Hall–Kier alpha value is -0.0800. The summed E-state index contributed by atoms with van der Waals surface area (Å²) in [6.07, 6.45) is 4.47. The molecule has 2 rings (SSSR count). The standard InChI is InChI=1S/C13H25NO/c1-10-4-5-11(15)8-12(10)14-7-6-13(2,3)9-14/h10-12,15H,4-9H2,1-3H3. The van der Waals surface area contributed by atoms with E-state index in [1.807, 2.05) is 0 Å². The van der Waals surface area contributed by atoms with E-state index in [2.05, 4.69) is 25.7 Å². The van der Waals surface area contributed by atoms with Gasteiger partial charge in [-0.3, -0.25) is 4.90 Å². The molecule has 1 saturated carbocycles. The maximum absolute atomic E-state index is 9.76. The van der Waals surface area contributed by atoms with Gasteiger partial charge in [-0.2, -0.15) is 0 Å². The summed E-state index contributed by atoms with van der Waals surface area (Å²) in [5.74, 6) is 0.766. The largest absolute Gasteiger partial charge is 0.393 e. The van der Waals surface area contributed by atoms with Crippen LogP contribution in [0.3, 0.4) is 0 Å². The van der Waals surface area contributed by atoms with Gasteiger partial charge in [0.05, 0.1) is 6.10 Å². The van der Waals surface area contributed by atoms with Crippen LogP contribution in [-0.4, -0.2) is 35.2 Å². The van der Waals surface area contributed by atoms with Gasteiger partial charge in [-0.1, -0.05) is 20.8 Å². The highest BCUT2D eigenvalue weighted by atomic mass is 16.3. The molecule has 1 saturated heterocycles. The van der Waals surface area contributed by atoms with Crippen molar-refractivity contribution in [3.8, 4) is 0 Å². The smallest absolute Gasteiger partial charge is 0.0555 e. The molecule has 1 N–H and O–H groups in total. The fourth-order valence-electron chi connectivity index (χ4n) is 3.22. The fraction of sp³-hybridized carbons (Fsp3) is 1.00. The van der Waals surface area contributed by atoms with E-state index in [0.717, 1.165) is 18.8 Å². The zero-order chi connectivity index (χ0) is 11.1. The van der Waals surface area contributed by atoms with Gasteiger partial charge in [-0.25, -0.2) is 0 Å². The molecule has 0 spiro atoms. The number of likely N-dealkylation sites (tertiary alicyclic amines) is 1. The molecule has 2 fully saturated rings. The van der Waals surface area contributed by atoms with Gasteiger partial charge in [0.25, 0.3) is 0 Å². The van der Waals surface area contributed by atoms with Crippen LogP contribution in [0.4, 0.5) is 0 Å². The number of hydrogen-bond acceptors (Lipinski definition) is 2. The minimum absolute atomic E-state index is 0.0464. The summed E-state index contributed by atoms with van der Waals surface area (Å²) in [7, 11) is 0. The fourth-order valence-corrected chi connectivity index (χ4v) is 3.22. The molecule has 15 heavy (non-hydrogen) atoms. The SMILES string of the molecule is CC1CCC(O)CC1N1CCC(C)(C)C1. The molecule has 1 heterocycles. The van der Waals surface area contributed by atoms with E-state index in [1.54, 1.807) is 0 Å². The Morgan fingerprint density at radius 1 is 1.27 bits per heavy atom. The topological polar surface area (TPSA) is 23.5 Å². The molecular formula is C13H25NO. The molecule has 0 aromatic carbocycles. The number of aliphatic hydroxyl groups is 1. The van der Waals surface area contributed by atoms with E-state index >= 15 is 0 Å². The first-order chi connectivity index (χ1) is 6.98. The Kier molecular flexibility index (Phi) is 3.09. The highest BCUT2D eigenvalue weighted by molar-refractivity contribution is 4.91. The van der Waals surface area contributed by atoms with Crippen molar-refractivity contribution in [2.75, 3.05) is 13.1 Å². The molecule has 3 atom stereocenters. The molecule has 0 aromatic rings. The van der Waals surface area contributed by atoms with Crippen LogP contribution in [0.25, 0.3) is 0 Å². The van der Waals surface area contributed by atoms with Crippen molar-refractivity contribution in [2.45, 2.75) is 58.6 Å². The lowest BCUT2D eigenvalue weighted by atomic mass is 9.83. The average Bonchev–Trinajstić information content (AvgIpc) is 2.50. The van der Waals surface area contributed by atoms with Crippen molar-refractivity contribution in [3.05, 3.63) is 0 Å². The number of nitrogens with zero attached hydrogens (tertiary/aromatic N) is 1. The summed E-state index contributed by atoms with van der Waals surface area (Å²) >= 11 is 0. The Morgan fingerprint density at radius 2 is 2.00 bits per heavy atom. The molecular weight excluding hydrogens is 186 g/mol. The van der Waals surface area contributed by atoms with E-state index in [-0.39, 0.29) is 6.10 Å². The third-order valence-corrected chi connectivity index (χ3v) is 4.30. The summed E-state index contributed by atoms with van der Waals surface area (Å²) in [6.45, 7) is 9.51. The van der Waals surface area contributed by atoms with Gasteiger partial charge in [-0.15, -0.1) is 0 Å². The molecule has 0 bridgehead atoms. The average molecular weight is 211 g/mol. The van der Waals surface area contributed by atoms with Crippen molar-refractivity contribution < 1.29 is 5.11 Å². The second-order valence-electron chi connectivity index (χ2n) is 6.40. The summed E-state index contributed by atoms with van der Waals surface area (Å²) in [6, 6.07) is 0.635. The third-order valence-electron chi connectivity index (χ3n) is 4.30. The van der Waals surface area contributed by atoms with Crippen LogP contribution in [0, 0.1) is 11.3 Å². The summed E-state index contributed by atoms with van der Waals surface area (Å²) in [4.78, 5) is 2.62. The Labute approximate surface area is 93.7 Å². The lowest BCUT2D eigenvalue weighted by Gasteiger charge is -2.38. The lowest BCUT2D eigenvalue weighted by molar-refractivity contribution is 0.0387. The normalized spacial score (nSPS) is 42.0. The van der Waals surface area contributed by atoms with Gasteiger partial charge in [0.2, 0.25) is 0 Å². The number of aliphatic hydroxyl groups excluding tert-OH is 1. The minimum atomic E-state index is -0.0464. The molecule has 0 radical (unpaired) electrons. The zero-order valence-electron chi connectivity index (χ0n) is 10.4. The van der Waals surface area contributed by atoms with E-state index in [9.17, 15) is 5.11 Å². The first kappa shape index (κ1) is 11.4. The van der Waals surface area contributed by atoms with Crippen molar-refractivity contribution in [1.82, 2.24) is 4.90 Å². The number of hydrogen-bond donors (Lipinski definition) is 1. The van der Waals surface area contributed by atoms with Crippen LogP contribution in [0.15, 0.2) is 0 Å². The molecule has 88 valence electrons. The van der Waals surface area contributed by atoms with Crippen LogP contribution in [0.1, 0.15) is 46.5 Å². The van der Waals surface area contributed by atoms with Crippen LogP contribution in [0.5, 0.6) is 0 Å². The van der Waals surface area contributed by atoms with Crippen LogP contribution in [-0.2, 0) is 0 Å². The minimum Gasteiger partial charge on any atom is -0.393 e. The van der Waals surface area contributed by atoms with E-state index in [0.29, 0.717) is 11.5 Å². The molecule has 1 aliphatic carbocycles. The Morgan fingerprint density at radius 3 is 2.60 bits per heavy atom. The van der Waals surface area contributed by atoms with Crippen LogP contribution >= 0.6 is 0 Å². The maximum Gasteiger partial charge on any atom is 0.0555 e. The third kappa shape index (κ3) is 2.54. The summed E-state index contributed by atoms with van der Waals surface area (Å²) < 4.78 is 0. The highest BCUT2D eigenvalue weighted by Gasteiger charge is 2.37. The number of rotatable bonds is 1. The van der Waals surface area contributed by atoms with Crippen LogP contribution < -0.4 is 0 Å². The van der Waals surface area contributed by atoms with E-state index in [4.69, 9.17) is 0 Å².